The van der Waals surface area contributed by atoms with Crippen molar-refractivity contribution < 1.29 is 19.0 Å². The van der Waals surface area contributed by atoms with Crippen molar-refractivity contribution in [3.8, 4) is 0 Å². The third-order valence-corrected chi connectivity index (χ3v) is 3.24. The molecule has 1 unspecified atom stereocenters. The highest BCUT2D eigenvalue weighted by atomic mass is 35.5. The van der Waals surface area contributed by atoms with E-state index < -0.39 is 5.43 Å². The van der Waals surface area contributed by atoms with Crippen LogP contribution in [-0.2, 0) is 27.4 Å². The van der Waals surface area contributed by atoms with Gasteiger partial charge >= 0.3 is 5.43 Å². The van der Waals surface area contributed by atoms with Crippen LogP contribution in [0.4, 0.5) is 4.79 Å². The van der Waals surface area contributed by atoms with Crippen molar-refractivity contribution in [2.24, 2.45) is 0 Å². The highest BCUT2D eigenvalue weighted by Crippen LogP contribution is 2.07. The first-order valence-corrected chi connectivity index (χ1v) is 7.71. The number of benzene rings is 2. The van der Waals surface area contributed by atoms with Crippen molar-refractivity contribution >= 4 is 17.0 Å². The van der Waals surface area contributed by atoms with Crippen LogP contribution in [0, 0.1) is 0 Å². The van der Waals surface area contributed by atoms with Gasteiger partial charge in [-0.2, -0.15) is 0 Å². The molecule has 0 radical (unpaired) electrons. The molecule has 0 spiro atoms. The van der Waals surface area contributed by atoms with Gasteiger partial charge in [0.05, 0.1) is 19.8 Å². The van der Waals surface area contributed by atoms with Crippen LogP contribution in [-0.4, -0.2) is 24.7 Å². The van der Waals surface area contributed by atoms with Gasteiger partial charge in [-0.15, -0.1) is 0 Å². The molecule has 2 rings (SSSR count). The lowest BCUT2D eigenvalue weighted by molar-refractivity contribution is -0.0539. The predicted molar refractivity (Wildman–Crippen MR) is 88.3 cm³/mol. The number of ether oxygens (including phenoxy) is 3. The maximum Gasteiger partial charge on any atom is 0.403 e. The fraction of sp³-hybridized carbons (Fsp3) is 0.278. The normalized spacial score (nSPS) is 11.9. The van der Waals surface area contributed by atoms with E-state index in [1.54, 1.807) is 0 Å². The largest absolute Gasteiger partial charge is 0.451 e. The quantitative estimate of drug-likeness (QED) is 0.646. The first-order chi connectivity index (χ1) is 11.2. The Morgan fingerprint density at radius 3 is 2.00 bits per heavy atom. The maximum atomic E-state index is 10.8. The van der Waals surface area contributed by atoms with Crippen LogP contribution in [0.5, 0.6) is 0 Å². The van der Waals surface area contributed by atoms with Gasteiger partial charge in [-0.3, -0.25) is 0 Å². The Kier molecular flexibility index (Phi) is 7.60. The van der Waals surface area contributed by atoms with E-state index in [-0.39, 0.29) is 12.7 Å². The Labute approximate surface area is 140 Å². The van der Waals surface area contributed by atoms with Crippen LogP contribution in [0.1, 0.15) is 11.1 Å². The van der Waals surface area contributed by atoms with E-state index in [0.29, 0.717) is 19.8 Å². The van der Waals surface area contributed by atoms with Gasteiger partial charge in [0.1, 0.15) is 12.7 Å². The summed E-state index contributed by atoms with van der Waals surface area (Å²) in [6.07, 6.45) is -0.374. The number of hydrogen-bond donors (Lipinski definition) is 0. The summed E-state index contributed by atoms with van der Waals surface area (Å²) in [5, 5.41) is 0. The van der Waals surface area contributed by atoms with Crippen molar-refractivity contribution in [2.45, 2.75) is 19.3 Å². The third kappa shape index (κ3) is 7.28. The van der Waals surface area contributed by atoms with Gasteiger partial charge in [0.25, 0.3) is 0 Å². The topological polar surface area (TPSA) is 44.8 Å². The second kappa shape index (κ2) is 10.0. The molecule has 2 aromatic rings. The molecule has 0 bridgehead atoms. The lowest BCUT2D eigenvalue weighted by Gasteiger charge is -2.17. The summed E-state index contributed by atoms with van der Waals surface area (Å²) >= 11 is 5.21. The minimum atomic E-state index is -0.846. The molecule has 5 heteroatoms. The Bertz CT molecular complexity index is 574. The van der Waals surface area contributed by atoms with Crippen LogP contribution in [0.15, 0.2) is 60.7 Å². The van der Waals surface area contributed by atoms with Crippen molar-refractivity contribution in [3.63, 3.8) is 0 Å². The summed E-state index contributed by atoms with van der Waals surface area (Å²) in [6.45, 7) is 1.26. The predicted octanol–water partition coefficient (Wildman–Crippen LogP) is 4.16. The van der Waals surface area contributed by atoms with Crippen LogP contribution in [0.2, 0.25) is 0 Å². The molecule has 0 aromatic heterocycles. The van der Waals surface area contributed by atoms with Crippen molar-refractivity contribution in [1.82, 2.24) is 0 Å². The lowest BCUT2D eigenvalue weighted by atomic mass is 10.2. The minimum absolute atomic E-state index is 0.0595. The van der Waals surface area contributed by atoms with E-state index in [2.05, 4.69) is 0 Å². The number of carbonyl (C=O) groups excluding carboxylic acids is 1. The Hall–Kier alpha value is -1.88. The van der Waals surface area contributed by atoms with E-state index in [1.165, 1.54) is 0 Å². The highest BCUT2D eigenvalue weighted by molar-refractivity contribution is 6.61. The monoisotopic (exact) mass is 334 g/mol. The smallest absolute Gasteiger partial charge is 0.403 e. The van der Waals surface area contributed by atoms with E-state index in [0.717, 1.165) is 11.1 Å². The molecule has 0 amide bonds. The molecular formula is C18H19ClO4. The van der Waals surface area contributed by atoms with Gasteiger partial charge in [-0.1, -0.05) is 60.7 Å². The molecule has 0 N–H and O–H groups in total. The molecule has 0 saturated carbocycles. The third-order valence-electron chi connectivity index (χ3n) is 3.13. The average molecular weight is 335 g/mol. The Morgan fingerprint density at radius 1 is 0.870 bits per heavy atom. The number of hydrogen-bond acceptors (Lipinski definition) is 4. The average Bonchev–Trinajstić information content (AvgIpc) is 2.58. The first-order valence-electron chi connectivity index (χ1n) is 7.33. The molecule has 4 nitrogen and oxygen atoms in total. The number of rotatable bonds is 9. The zero-order valence-corrected chi connectivity index (χ0v) is 13.4. The first kappa shape index (κ1) is 17.5. The van der Waals surface area contributed by atoms with Crippen molar-refractivity contribution in [1.29, 1.82) is 0 Å². The molecule has 2 aromatic carbocycles. The number of halogens is 1. The summed E-state index contributed by atoms with van der Waals surface area (Å²) < 4.78 is 16.2. The molecule has 122 valence electrons. The number of carbonyl (C=O) groups is 1. The Balaban J connectivity index is 1.79. The SMILES string of the molecule is O=C(Cl)OCC(COCc1ccccc1)OCc1ccccc1. The van der Waals surface area contributed by atoms with Crippen LogP contribution >= 0.6 is 11.6 Å². The van der Waals surface area contributed by atoms with Crippen LogP contribution < -0.4 is 0 Å². The van der Waals surface area contributed by atoms with E-state index in [4.69, 9.17) is 25.8 Å². The second-order valence-electron chi connectivity index (χ2n) is 4.97. The van der Waals surface area contributed by atoms with E-state index in [9.17, 15) is 4.79 Å². The molecule has 0 heterocycles. The van der Waals surface area contributed by atoms with Gasteiger partial charge in [0.2, 0.25) is 0 Å². The van der Waals surface area contributed by atoms with Crippen molar-refractivity contribution in [3.05, 3.63) is 71.8 Å². The summed E-state index contributed by atoms with van der Waals surface area (Å²) in [4.78, 5) is 10.8. The highest BCUT2D eigenvalue weighted by Gasteiger charge is 2.12. The Morgan fingerprint density at radius 2 is 1.43 bits per heavy atom. The summed E-state index contributed by atoms with van der Waals surface area (Å²) in [5.41, 5.74) is 1.27. The zero-order valence-electron chi connectivity index (χ0n) is 12.7. The molecule has 0 aliphatic heterocycles. The molecular weight excluding hydrogens is 316 g/mol. The fourth-order valence-electron chi connectivity index (χ4n) is 1.97. The molecule has 0 fully saturated rings. The molecule has 0 saturated heterocycles. The van der Waals surface area contributed by atoms with E-state index in [1.807, 2.05) is 60.7 Å². The zero-order chi connectivity index (χ0) is 16.3. The standard InChI is InChI=1S/C18H19ClO4/c19-18(20)23-14-17(22-12-16-9-5-2-6-10-16)13-21-11-15-7-3-1-4-8-15/h1-10,17H,11-14H2. The van der Waals surface area contributed by atoms with Crippen LogP contribution in [0.25, 0.3) is 0 Å². The maximum absolute atomic E-state index is 10.8. The summed E-state index contributed by atoms with van der Waals surface area (Å²) in [5.74, 6) is 0. The van der Waals surface area contributed by atoms with E-state index >= 15 is 0 Å². The lowest BCUT2D eigenvalue weighted by Crippen LogP contribution is -2.26. The summed E-state index contributed by atoms with van der Waals surface area (Å²) in [6, 6.07) is 19.6. The van der Waals surface area contributed by atoms with Gasteiger partial charge in [0.15, 0.2) is 0 Å². The molecule has 23 heavy (non-hydrogen) atoms. The molecule has 0 aliphatic rings. The molecule has 1 atom stereocenters. The van der Waals surface area contributed by atoms with Gasteiger partial charge < -0.3 is 14.2 Å². The van der Waals surface area contributed by atoms with Gasteiger partial charge in [-0.05, 0) is 11.1 Å². The molecule has 0 aliphatic carbocycles. The summed E-state index contributed by atoms with van der Waals surface area (Å²) in [7, 11) is 0. The second-order valence-corrected chi connectivity index (χ2v) is 5.28. The minimum Gasteiger partial charge on any atom is -0.451 e. The van der Waals surface area contributed by atoms with Gasteiger partial charge in [0, 0.05) is 11.6 Å². The fourth-order valence-corrected chi connectivity index (χ4v) is 2.04. The van der Waals surface area contributed by atoms with Gasteiger partial charge in [-0.25, -0.2) is 4.79 Å². The van der Waals surface area contributed by atoms with Crippen LogP contribution in [0.3, 0.4) is 0 Å². The van der Waals surface area contributed by atoms with Crippen molar-refractivity contribution in [2.75, 3.05) is 13.2 Å².